The second-order valence-electron chi connectivity index (χ2n) is 8.14. The van der Waals surface area contributed by atoms with Crippen molar-refractivity contribution >= 4 is 21.6 Å². The molecule has 5 nitrogen and oxygen atoms in total. The lowest BCUT2D eigenvalue weighted by atomic mass is 9.99. The fourth-order valence-electron chi connectivity index (χ4n) is 3.81. The minimum Gasteiger partial charge on any atom is -0.347 e. The number of carbonyl (C=O) groups excluding carboxylic acids is 1. The first-order valence-electron chi connectivity index (χ1n) is 10.4. The topological polar surface area (TPSA) is 66.5 Å². The zero-order valence-electron chi connectivity index (χ0n) is 19.1. The second-order valence-corrected chi connectivity index (χ2v) is 10.0. The summed E-state index contributed by atoms with van der Waals surface area (Å²) in [5.74, 6) is -0.285. The van der Waals surface area contributed by atoms with Crippen molar-refractivity contribution in [2.24, 2.45) is 0 Å². The third-order valence-electron chi connectivity index (χ3n) is 5.45. The summed E-state index contributed by atoms with van der Waals surface area (Å²) >= 11 is 0. The molecule has 0 fully saturated rings. The number of rotatable bonds is 8. The molecule has 1 N–H and O–H groups in total. The summed E-state index contributed by atoms with van der Waals surface area (Å²) in [5.41, 5.74) is 5.83. The number of hydrogen-bond donors (Lipinski definition) is 1. The van der Waals surface area contributed by atoms with E-state index in [4.69, 9.17) is 0 Å². The first-order chi connectivity index (χ1) is 14.0. The Kier molecular flexibility index (Phi) is 7.70. The van der Waals surface area contributed by atoms with Gasteiger partial charge in [0.25, 0.3) is 0 Å². The molecule has 6 heteroatoms. The lowest BCUT2D eigenvalue weighted by Gasteiger charge is -2.32. The highest BCUT2D eigenvalue weighted by Gasteiger charge is 2.32. The molecule has 30 heavy (non-hydrogen) atoms. The first kappa shape index (κ1) is 23.9. The summed E-state index contributed by atoms with van der Waals surface area (Å²) < 4.78 is 26.7. The molecule has 0 radical (unpaired) electrons. The van der Waals surface area contributed by atoms with Crippen LogP contribution >= 0.6 is 0 Å². The molecule has 164 valence electrons. The normalized spacial score (nSPS) is 13.6. The Morgan fingerprint density at radius 1 is 0.933 bits per heavy atom. The number of nitrogens with zero attached hydrogens (tertiary/aromatic N) is 1. The molecule has 0 unspecified atom stereocenters. The van der Waals surface area contributed by atoms with Gasteiger partial charge in [-0.15, -0.1) is 0 Å². The number of nitrogens with one attached hydrogen (secondary N) is 1. The van der Waals surface area contributed by atoms with E-state index in [0.29, 0.717) is 18.5 Å². The predicted octanol–water partition coefficient (Wildman–Crippen LogP) is 4.73. The molecule has 0 heterocycles. The third-order valence-corrected chi connectivity index (χ3v) is 6.63. The van der Waals surface area contributed by atoms with E-state index in [-0.39, 0.29) is 11.9 Å². The Bertz CT molecular complexity index is 995. The van der Waals surface area contributed by atoms with Crippen molar-refractivity contribution in [2.75, 3.05) is 10.6 Å². The van der Waals surface area contributed by atoms with Crippen LogP contribution in [0.5, 0.6) is 0 Å². The van der Waals surface area contributed by atoms with Gasteiger partial charge < -0.3 is 5.32 Å². The van der Waals surface area contributed by atoms with Crippen LogP contribution in [0.4, 0.5) is 5.69 Å². The van der Waals surface area contributed by atoms with Crippen LogP contribution in [0, 0.1) is 27.7 Å². The predicted molar refractivity (Wildman–Crippen MR) is 124 cm³/mol. The second kappa shape index (κ2) is 9.65. The molecule has 0 aliphatic heterocycles. The third kappa shape index (κ3) is 5.63. The van der Waals surface area contributed by atoms with Crippen LogP contribution in [0.1, 0.15) is 60.5 Å². The molecule has 2 atom stereocenters. The van der Waals surface area contributed by atoms with Crippen molar-refractivity contribution in [2.45, 2.75) is 66.5 Å². The van der Waals surface area contributed by atoms with Crippen LogP contribution in [-0.4, -0.2) is 26.6 Å². The fraction of sp³-hybridized carbons (Fsp3) is 0.458. The Balaban J connectivity index is 2.40. The van der Waals surface area contributed by atoms with E-state index in [9.17, 15) is 13.2 Å². The van der Waals surface area contributed by atoms with Gasteiger partial charge in [-0.3, -0.25) is 9.10 Å². The van der Waals surface area contributed by atoms with Gasteiger partial charge >= 0.3 is 0 Å². The Labute approximate surface area is 181 Å². The van der Waals surface area contributed by atoms with Gasteiger partial charge in [0.05, 0.1) is 18.0 Å². The maximum atomic E-state index is 13.3. The van der Waals surface area contributed by atoms with Gasteiger partial charge in [-0.05, 0) is 80.5 Å². The monoisotopic (exact) mass is 430 g/mol. The zero-order valence-corrected chi connectivity index (χ0v) is 19.9. The highest BCUT2D eigenvalue weighted by molar-refractivity contribution is 7.92. The molecule has 0 spiro atoms. The summed E-state index contributed by atoms with van der Waals surface area (Å²) in [6, 6.07) is 10.8. The van der Waals surface area contributed by atoms with Crippen molar-refractivity contribution in [1.29, 1.82) is 0 Å². The molecule has 2 aromatic carbocycles. The van der Waals surface area contributed by atoms with E-state index >= 15 is 0 Å². The molecular weight excluding hydrogens is 396 g/mol. The van der Waals surface area contributed by atoms with Crippen LogP contribution in [0.3, 0.4) is 0 Å². The number of anilines is 1. The van der Waals surface area contributed by atoms with Gasteiger partial charge in [-0.25, -0.2) is 8.42 Å². The van der Waals surface area contributed by atoms with Crippen LogP contribution in [-0.2, 0) is 14.8 Å². The largest absolute Gasteiger partial charge is 0.347 e. The lowest BCUT2D eigenvalue weighted by molar-refractivity contribution is -0.123. The lowest BCUT2D eigenvalue weighted by Crippen LogP contribution is -2.50. The molecular formula is C24H34N2O3S. The molecule has 0 saturated carbocycles. The van der Waals surface area contributed by atoms with Gasteiger partial charge in [-0.1, -0.05) is 38.1 Å². The first-order valence-corrected chi connectivity index (χ1v) is 12.3. The molecule has 0 aliphatic rings. The van der Waals surface area contributed by atoms with Crippen LogP contribution < -0.4 is 9.62 Å². The fourth-order valence-corrected chi connectivity index (χ4v) is 5.00. The van der Waals surface area contributed by atoms with Crippen molar-refractivity contribution in [3.63, 3.8) is 0 Å². The van der Waals surface area contributed by atoms with Gasteiger partial charge in [0.2, 0.25) is 15.9 Å². The minimum absolute atomic E-state index is 0.175. The number of hydrogen-bond acceptors (Lipinski definition) is 3. The summed E-state index contributed by atoms with van der Waals surface area (Å²) in [5, 5.41) is 3.09. The molecule has 2 rings (SSSR count). The number of amides is 1. The van der Waals surface area contributed by atoms with Crippen molar-refractivity contribution < 1.29 is 13.2 Å². The van der Waals surface area contributed by atoms with E-state index in [2.05, 4.69) is 24.4 Å². The van der Waals surface area contributed by atoms with Crippen LogP contribution in [0.15, 0.2) is 36.4 Å². The smallest absolute Gasteiger partial charge is 0.244 e. The van der Waals surface area contributed by atoms with E-state index in [0.717, 1.165) is 22.9 Å². The quantitative estimate of drug-likeness (QED) is 0.658. The van der Waals surface area contributed by atoms with Gasteiger partial charge in [0.15, 0.2) is 0 Å². The van der Waals surface area contributed by atoms with Gasteiger partial charge in [-0.2, -0.15) is 0 Å². The summed E-state index contributed by atoms with van der Waals surface area (Å²) in [7, 11) is -3.65. The average molecular weight is 431 g/mol. The van der Waals surface area contributed by atoms with Gasteiger partial charge in [0.1, 0.15) is 6.04 Å². The standard InChI is InChI=1S/C24H34N2O3S/c1-8-22(20-11-10-18(5)19(6)15-20)25-24(27)23(9-2)26(30(7,28)29)21-13-16(3)12-17(4)14-21/h10-15,22-23H,8-9H2,1-7H3,(H,25,27)/t22-,23+/m1/s1. The number of sulfonamides is 1. The highest BCUT2D eigenvalue weighted by atomic mass is 32.2. The number of aryl methyl sites for hydroxylation is 4. The van der Waals surface area contributed by atoms with Crippen molar-refractivity contribution in [3.8, 4) is 0 Å². The summed E-state index contributed by atoms with van der Waals surface area (Å²) in [4.78, 5) is 13.3. The number of benzene rings is 2. The molecule has 2 aromatic rings. The zero-order chi connectivity index (χ0) is 22.6. The molecule has 0 aromatic heterocycles. The van der Waals surface area contributed by atoms with Gasteiger partial charge in [0, 0.05) is 0 Å². The van der Waals surface area contributed by atoms with E-state index in [1.54, 1.807) is 0 Å². The van der Waals surface area contributed by atoms with E-state index in [1.165, 1.54) is 15.4 Å². The van der Waals surface area contributed by atoms with Crippen molar-refractivity contribution in [1.82, 2.24) is 5.32 Å². The maximum Gasteiger partial charge on any atom is 0.244 e. The van der Waals surface area contributed by atoms with E-state index in [1.807, 2.05) is 58.9 Å². The highest BCUT2D eigenvalue weighted by Crippen LogP contribution is 2.26. The Hall–Kier alpha value is -2.34. The molecule has 1 amide bonds. The Morgan fingerprint density at radius 2 is 1.53 bits per heavy atom. The molecule has 0 bridgehead atoms. The van der Waals surface area contributed by atoms with Crippen molar-refractivity contribution in [3.05, 3.63) is 64.2 Å². The SMILES string of the molecule is CC[C@@H](NC(=O)[C@H](CC)N(c1cc(C)cc(C)c1)S(C)(=O)=O)c1ccc(C)c(C)c1. The minimum atomic E-state index is -3.65. The Morgan fingerprint density at radius 3 is 2.00 bits per heavy atom. The van der Waals surface area contributed by atoms with E-state index < -0.39 is 16.1 Å². The van der Waals surface area contributed by atoms with Crippen LogP contribution in [0.2, 0.25) is 0 Å². The average Bonchev–Trinajstić information content (AvgIpc) is 2.64. The maximum absolute atomic E-state index is 13.3. The number of carbonyl (C=O) groups is 1. The molecule has 0 saturated heterocycles. The van der Waals surface area contributed by atoms with Crippen LogP contribution in [0.25, 0.3) is 0 Å². The summed E-state index contributed by atoms with van der Waals surface area (Å²) in [6.45, 7) is 11.8. The summed E-state index contributed by atoms with van der Waals surface area (Å²) in [6.07, 6.45) is 2.24. The molecule has 0 aliphatic carbocycles.